The summed E-state index contributed by atoms with van der Waals surface area (Å²) in [6, 6.07) is 0. The molecule has 2 N–H and O–H groups in total. The molecule has 0 aliphatic carbocycles. The Morgan fingerprint density at radius 3 is 1.41 bits per heavy atom. The zero-order chi connectivity index (χ0) is 12.3. The summed E-state index contributed by atoms with van der Waals surface area (Å²) in [7, 11) is 0. The quantitative estimate of drug-likeness (QED) is 0.788. The van der Waals surface area contributed by atoms with Crippen molar-refractivity contribution in [3.8, 4) is 0 Å². The van der Waals surface area contributed by atoms with Crippen molar-refractivity contribution in [1.82, 2.24) is 10.6 Å². The van der Waals surface area contributed by atoms with Gasteiger partial charge in [0.05, 0.1) is 0 Å². The van der Waals surface area contributed by atoms with Crippen molar-refractivity contribution in [3.05, 3.63) is 0 Å². The molecule has 0 unspecified atom stereocenters. The van der Waals surface area contributed by atoms with Crippen molar-refractivity contribution in [2.45, 2.75) is 58.8 Å². The minimum absolute atomic E-state index is 1.04. The molecule has 2 aliphatic heterocycles. The molecular formula is C15H32N2. The van der Waals surface area contributed by atoms with E-state index in [1.54, 1.807) is 0 Å². The zero-order valence-corrected chi connectivity index (χ0v) is 11.9. The van der Waals surface area contributed by atoms with E-state index in [2.05, 4.69) is 10.6 Å². The van der Waals surface area contributed by atoms with E-state index in [1.807, 2.05) is 13.8 Å². The Bertz CT molecular complexity index is 140. The predicted octanol–water partition coefficient (Wildman–Crippen LogP) is 3.18. The molecule has 0 radical (unpaired) electrons. The van der Waals surface area contributed by atoms with E-state index in [1.165, 1.54) is 71.1 Å². The lowest BCUT2D eigenvalue weighted by atomic mass is 9.87. The molecule has 0 spiro atoms. The van der Waals surface area contributed by atoms with Gasteiger partial charge in [-0.25, -0.2) is 0 Å². The molecule has 2 heteroatoms. The molecule has 2 saturated heterocycles. The van der Waals surface area contributed by atoms with Gasteiger partial charge in [0.25, 0.3) is 0 Å². The summed E-state index contributed by atoms with van der Waals surface area (Å²) in [5.74, 6) is 2.07. The number of piperidine rings is 2. The van der Waals surface area contributed by atoms with Crippen LogP contribution in [0.5, 0.6) is 0 Å². The SMILES string of the molecule is C(CC1CCNCC1)CC1CCNCC1.CC. The van der Waals surface area contributed by atoms with Crippen LogP contribution in [0.4, 0.5) is 0 Å². The van der Waals surface area contributed by atoms with E-state index in [0.29, 0.717) is 0 Å². The van der Waals surface area contributed by atoms with Gasteiger partial charge in [0.1, 0.15) is 0 Å². The highest BCUT2D eigenvalue weighted by molar-refractivity contribution is 4.71. The molecule has 2 aliphatic rings. The van der Waals surface area contributed by atoms with Crippen molar-refractivity contribution in [3.63, 3.8) is 0 Å². The van der Waals surface area contributed by atoms with Gasteiger partial charge in [0.15, 0.2) is 0 Å². The maximum Gasteiger partial charge on any atom is -0.00463 e. The van der Waals surface area contributed by atoms with E-state index < -0.39 is 0 Å². The third-order valence-electron chi connectivity index (χ3n) is 4.14. The minimum atomic E-state index is 1.04. The maximum atomic E-state index is 3.45. The molecule has 0 amide bonds. The van der Waals surface area contributed by atoms with Gasteiger partial charge in [-0.3, -0.25) is 0 Å². The van der Waals surface area contributed by atoms with Crippen molar-refractivity contribution >= 4 is 0 Å². The average molecular weight is 240 g/mol. The van der Waals surface area contributed by atoms with Crippen LogP contribution in [-0.4, -0.2) is 26.2 Å². The summed E-state index contributed by atoms with van der Waals surface area (Å²) in [5.41, 5.74) is 0. The fraction of sp³-hybridized carbons (Fsp3) is 1.00. The van der Waals surface area contributed by atoms with Gasteiger partial charge in [0.2, 0.25) is 0 Å². The Morgan fingerprint density at radius 1 is 0.706 bits per heavy atom. The van der Waals surface area contributed by atoms with Gasteiger partial charge < -0.3 is 10.6 Å². The highest BCUT2D eigenvalue weighted by Gasteiger charge is 2.15. The van der Waals surface area contributed by atoms with Crippen LogP contribution in [0, 0.1) is 11.8 Å². The molecule has 0 aromatic rings. The lowest BCUT2D eigenvalue weighted by Crippen LogP contribution is -2.29. The lowest BCUT2D eigenvalue weighted by molar-refractivity contribution is 0.304. The highest BCUT2D eigenvalue weighted by Crippen LogP contribution is 2.23. The maximum absolute atomic E-state index is 3.45. The predicted molar refractivity (Wildman–Crippen MR) is 76.4 cm³/mol. The first kappa shape index (κ1) is 15.0. The molecular weight excluding hydrogens is 208 g/mol. The Morgan fingerprint density at radius 2 is 1.06 bits per heavy atom. The summed E-state index contributed by atoms with van der Waals surface area (Å²) >= 11 is 0. The topological polar surface area (TPSA) is 24.1 Å². The third kappa shape index (κ3) is 6.42. The van der Waals surface area contributed by atoms with E-state index >= 15 is 0 Å². The fourth-order valence-corrected chi connectivity index (χ4v) is 3.04. The second-order valence-electron chi connectivity index (χ2n) is 5.32. The first-order chi connectivity index (χ1) is 8.45. The van der Waals surface area contributed by atoms with Gasteiger partial charge >= 0.3 is 0 Å². The summed E-state index contributed by atoms with van der Waals surface area (Å²) in [4.78, 5) is 0. The Balaban J connectivity index is 0.000000686. The van der Waals surface area contributed by atoms with Crippen molar-refractivity contribution in [1.29, 1.82) is 0 Å². The van der Waals surface area contributed by atoms with Crippen molar-refractivity contribution < 1.29 is 0 Å². The first-order valence-corrected chi connectivity index (χ1v) is 7.86. The number of rotatable bonds is 4. The summed E-state index contributed by atoms with van der Waals surface area (Å²) < 4.78 is 0. The number of hydrogen-bond acceptors (Lipinski definition) is 2. The molecule has 0 aromatic carbocycles. The Kier molecular flexibility index (Phi) is 8.72. The Hall–Kier alpha value is -0.0800. The smallest absolute Gasteiger partial charge is 0.00463 e. The normalized spacial score (nSPS) is 22.9. The van der Waals surface area contributed by atoms with Gasteiger partial charge in [0, 0.05) is 0 Å². The van der Waals surface area contributed by atoms with Crippen LogP contribution in [0.2, 0.25) is 0 Å². The largest absolute Gasteiger partial charge is 0.317 e. The van der Waals surface area contributed by atoms with Gasteiger partial charge in [-0.05, 0) is 63.7 Å². The van der Waals surface area contributed by atoms with Crippen LogP contribution in [-0.2, 0) is 0 Å². The molecule has 0 aromatic heterocycles. The molecule has 102 valence electrons. The molecule has 2 nitrogen and oxygen atoms in total. The molecule has 0 bridgehead atoms. The van der Waals surface area contributed by atoms with Crippen LogP contribution in [0.25, 0.3) is 0 Å². The lowest BCUT2D eigenvalue weighted by Gasteiger charge is -2.25. The van der Waals surface area contributed by atoms with Crippen molar-refractivity contribution in [2.24, 2.45) is 11.8 Å². The van der Waals surface area contributed by atoms with Crippen LogP contribution in [0.15, 0.2) is 0 Å². The van der Waals surface area contributed by atoms with Gasteiger partial charge in [-0.2, -0.15) is 0 Å². The van der Waals surface area contributed by atoms with Crippen LogP contribution < -0.4 is 10.6 Å². The second kappa shape index (κ2) is 9.90. The summed E-state index contributed by atoms with van der Waals surface area (Å²) in [6.45, 7) is 9.05. The number of hydrogen-bond donors (Lipinski definition) is 2. The van der Waals surface area contributed by atoms with E-state index in [0.717, 1.165) is 11.8 Å². The van der Waals surface area contributed by atoms with E-state index in [-0.39, 0.29) is 0 Å². The standard InChI is InChI=1S/C13H26N2.C2H6/c1(2-12-4-8-14-9-5-12)3-13-6-10-15-11-7-13;1-2/h12-15H,1-11H2;1-2H3. The first-order valence-electron chi connectivity index (χ1n) is 7.86. The van der Waals surface area contributed by atoms with Gasteiger partial charge in [-0.15, -0.1) is 0 Å². The summed E-state index contributed by atoms with van der Waals surface area (Å²) in [5, 5.41) is 6.89. The number of nitrogens with one attached hydrogen (secondary N) is 2. The van der Waals surface area contributed by atoms with Crippen LogP contribution >= 0.6 is 0 Å². The average Bonchev–Trinajstić information content (AvgIpc) is 2.43. The molecule has 2 fully saturated rings. The molecule has 2 rings (SSSR count). The second-order valence-corrected chi connectivity index (χ2v) is 5.32. The molecule has 17 heavy (non-hydrogen) atoms. The highest BCUT2D eigenvalue weighted by atomic mass is 14.9. The molecule has 0 atom stereocenters. The van der Waals surface area contributed by atoms with Gasteiger partial charge in [-0.1, -0.05) is 33.1 Å². The fourth-order valence-electron chi connectivity index (χ4n) is 3.04. The van der Waals surface area contributed by atoms with E-state index in [9.17, 15) is 0 Å². The third-order valence-corrected chi connectivity index (χ3v) is 4.14. The Labute approximate surface area is 108 Å². The van der Waals surface area contributed by atoms with Crippen LogP contribution in [0.3, 0.4) is 0 Å². The monoisotopic (exact) mass is 240 g/mol. The molecule has 2 heterocycles. The molecule has 0 saturated carbocycles. The zero-order valence-electron chi connectivity index (χ0n) is 11.9. The minimum Gasteiger partial charge on any atom is -0.317 e. The van der Waals surface area contributed by atoms with Crippen molar-refractivity contribution in [2.75, 3.05) is 26.2 Å². The van der Waals surface area contributed by atoms with Crippen LogP contribution in [0.1, 0.15) is 58.8 Å². The van der Waals surface area contributed by atoms with E-state index in [4.69, 9.17) is 0 Å². The summed E-state index contributed by atoms with van der Waals surface area (Å²) in [6.07, 6.45) is 10.2.